The van der Waals surface area contributed by atoms with Crippen molar-refractivity contribution in [2.75, 3.05) is 7.05 Å². The minimum absolute atomic E-state index is 0.347. The van der Waals surface area contributed by atoms with Crippen LogP contribution in [-0.2, 0) is 6.54 Å². The molecule has 1 unspecified atom stereocenters. The molecule has 0 N–H and O–H groups in total. The highest BCUT2D eigenvalue weighted by molar-refractivity contribution is 7.10. The highest BCUT2D eigenvalue weighted by Gasteiger charge is 2.14. The van der Waals surface area contributed by atoms with Crippen molar-refractivity contribution in [3.05, 3.63) is 46.0 Å². The van der Waals surface area contributed by atoms with Gasteiger partial charge in [-0.25, -0.2) is 0 Å². The molecule has 4 heteroatoms. The fraction of sp³-hybridized carbons (Fsp3) is 0.308. The number of rotatable bonds is 5. The van der Waals surface area contributed by atoms with Gasteiger partial charge >= 0.3 is 0 Å². The second-order valence-corrected chi connectivity index (χ2v) is 5.01. The smallest absolute Gasteiger partial charge is 0.185 e. The lowest BCUT2D eigenvalue weighted by Crippen LogP contribution is -2.20. The molecule has 2 aromatic rings. The van der Waals surface area contributed by atoms with Crippen LogP contribution < -0.4 is 0 Å². The second-order valence-electron chi connectivity index (χ2n) is 4.03. The van der Waals surface area contributed by atoms with Crippen molar-refractivity contribution in [1.29, 1.82) is 0 Å². The molecule has 17 heavy (non-hydrogen) atoms. The Morgan fingerprint density at radius 2 is 2.29 bits per heavy atom. The van der Waals surface area contributed by atoms with Crippen LogP contribution in [0.25, 0.3) is 0 Å². The van der Waals surface area contributed by atoms with Crippen LogP contribution in [0, 0.1) is 0 Å². The van der Waals surface area contributed by atoms with Crippen molar-refractivity contribution in [3.8, 4) is 0 Å². The predicted molar refractivity (Wildman–Crippen MR) is 68.3 cm³/mol. The summed E-state index contributed by atoms with van der Waals surface area (Å²) in [5.41, 5.74) is 0. The maximum absolute atomic E-state index is 10.5. The number of thiophene rings is 1. The van der Waals surface area contributed by atoms with Crippen molar-refractivity contribution in [2.24, 2.45) is 0 Å². The van der Waals surface area contributed by atoms with Gasteiger partial charge in [-0.2, -0.15) is 0 Å². The second kappa shape index (κ2) is 5.29. The van der Waals surface area contributed by atoms with Crippen molar-refractivity contribution in [2.45, 2.75) is 19.5 Å². The lowest BCUT2D eigenvalue weighted by molar-refractivity contribution is 0.109. The Bertz CT molecular complexity index is 475. The molecule has 2 aromatic heterocycles. The Morgan fingerprint density at radius 1 is 1.47 bits per heavy atom. The van der Waals surface area contributed by atoms with Crippen LogP contribution in [0.3, 0.4) is 0 Å². The number of aldehydes is 1. The molecule has 0 amide bonds. The largest absolute Gasteiger partial charge is 0.457 e. The van der Waals surface area contributed by atoms with E-state index in [9.17, 15) is 4.79 Å². The maximum atomic E-state index is 10.5. The molecule has 3 nitrogen and oxygen atoms in total. The number of carbonyl (C=O) groups is 1. The highest BCUT2D eigenvalue weighted by atomic mass is 32.1. The van der Waals surface area contributed by atoms with E-state index in [1.165, 1.54) is 4.88 Å². The Kier molecular flexibility index (Phi) is 3.76. The SMILES string of the molecule is CC(c1cccs1)N(C)Cc1ccc(C=O)o1. The molecule has 1 atom stereocenters. The Labute approximate surface area is 105 Å². The molecule has 2 rings (SSSR count). The Hall–Kier alpha value is -1.39. The Morgan fingerprint density at radius 3 is 2.88 bits per heavy atom. The zero-order chi connectivity index (χ0) is 12.3. The van der Waals surface area contributed by atoms with Gasteiger partial charge in [-0.15, -0.1) is 11.3 Å². The first-order valence-corrected chi connectivity index (χ1v) is 6.36. The van der Waals surface area contributed by atoms with Gasteiger partial charge in [0.25, 0.3) is 0 Å². The summed E-state index contributed by atoms with van der Waals surface area (Å²) in [7, 11) is 2.05. The molecule has 0 radical (unpaired) electrons. The van der Waals surface area contributed by atoms with Gasteiger partial charge in [0.05, 0.1) is 6.54 Å². The van der Waals surface area contributed by atoms with Gasteiger partial charge in [0.2, 0.25) is 0 Å². The molecule has 0 aliphatic rings. The fourth-order valence-electron chi connectivity index (χ4n) is 1.67. The molecule has 2 heterocycles. The minimum atomic E-state index is 0.347. The van der Waals surface area contributed by atoms with Crippen LogP contribution in [0.1, 0.15) is 34.2 Å². The molecule has 0 aromatic carbocycles. The number of nitrogens with zero attached hydrogens (tertiary/aromatic N) is 1. The number of hydrogen-bond acceptors (Lipinski definition) is 4. The van der Waals surface area contributed by atoms with Gasteiger partial charge in [0.15, 0.2) is 12.0 Å². The molecule has 90 valence electrons. The van der Waals surface area contributed by atoms with E-state index in [1.807, 2.05) is 13.1 Å². The topological polar surface area (TPSA) is 33.5 Å². The highest BCUT2D eigenvalue weighted by Crippen LogP contribution is 2.24. The summed E-state index contributed by atoms with van der Waals surface area (Å²) in [6, 6.07) is 8.08. The van der Waals surface area contributed by atoms with Gasteiger partial charge < -0.3 is 4.42 Å². The third-order valence-corrected chi connectivity index (χ3v) is 3.86. The van der Waals surface area contributed by atoms with E-state index < -0.39 is 0 Å². The first-order valence-electron chi connectivity index (χ1n) is 5.48. The lowest BCUT2D eigenvalue weighted by atomic mass is 10.2. The molecule has 0 spiro atoms. The van der Waals surface area contributed by atoms with Crippen LogP contribution in [0.2, 0.25) is 0 Å². The van der Waals surface area contributed by atoms with E-state index in [0.29, 0.717) is 18.3 Å². The summed E-state index contributed by atoms with van der Waals surface area (Å²) >= 11 is 1.75. The molecule has 0 saturated heterocycles. The zero-order valence-electron chi connectivity index (χ0n) is 9.92. The summed E-state index contributed by atoms with van der Waals surface area (Å²) in [5.74, 6) is 1.20. The van der Waals surface area contributed by atoms with Crippen LogP contribution >= 0.6 is 11.3 Å². The van der Waals surface area contributed by atoms with Crippen LogP contribution in [0.5, 0.6) is 0 Å². The van der Waals surface area contributed by atoms with Crippen molar-refractivity contribution >= 4 is 17.6 Å². The van der Waals surface area contributed by atoms with E-state index in [-0.39, 0.29) is 0 Å². The average molecular weight is 249 g/mol. The first-order chi connectivity index (χ1) is 8.20. The summed E-state index contributed by atoms with van der Waals surface area (Å²) in [5, 5.41) is 2.08. The Balaban J connectivity index is 2.01. The molecule has 0 aliphatic heterocycles. The summed E-state index contributed by atoms with van der Waals surface area (Å²) in [4.78, 5) is 14.0. The van der Waals surface area contributed by atoms with Crippen molar-refractivity contribution in [1.82, 2.24) is 4.90 Å². The standard InChI is InChI=1S/C13H15NO2S/c1-10(13-4-3-7-17-13)14(2)8-11-5-6-12(9-15)16-11/h3-7,9-10H,8H2,1-2H3. The molecule has 0 bridgehead atoms. The molecular weight excluding hydrogens is 234 g/mol. The number of furan rings is 1. The third kappa shape index (κ3) is 2.84. The molecule has 0 fully saturated rings. The summed E-state index contributed by atoms with van der Waals surface area (Å²) in [6.45, 7) is 2.86. The summed E-state index contributed by atoms with van der Waals surface area (Å²) in [6.07, 6.45) is 0.728. The van der Waals surface area contributed by atoms with Gasteiger partial charge in [-0.05, 0) is 37.6 Å². The normalized spacial score (nSPS) is 12.9. The van der Waals surface area contributed by atoms with Crippen LogP contribution in [0.4, 0.5) is 0 Å². The first kappa shape index (κ1) is 12.1. The third-order valence-electron chi connectivity index (χ3n) is 2.82. The van der Waals surface area contributed by atoms with E-state index in [4.69, 9.17) is 4.42 Å². The monoisotopic (exact) mass is 249 g/mol. The van der Waals surface area contributed by atoms with E-state index in [2.05, 4.69) is 29.3 Å². The quantitative estimate of drug-likeness (QED) is 0.762. The number of carbonyl (C=O) groups excluding carboxylic acids is 1. The van der Waals surface area contributed by atoms with E-state index >= 15 is 0 Å². The van der Waals surface area contributed by atoms with Crippen LogP contribution in [-0.4, -0.2) is 18.2 Å². The predicted octanol–water partition coefficient (Wildman–Crippen LogP) is 3.35. The van der Waals surface area contributed by atoms with E-state index in [0.717, 1.165) is 12.0 Å². The van der Waals surface area contributed by atoms with Gasteiger partial charge in [0, 0.05) is 10.9 Å². The van der Waals surface area contributed by atoms with Gasteiger partial charge in [-0.3, -0.25) is 9.69 Å². The summed E-state index contributed by atoms with van der Waals surface area (Å²) < 4.78 is 5.36. The molecule has 0 aliphatic carbocycles. The minimum Gasteiger partial charge on any atom is -0.457 e. The fourth-order valence-corrected chi connectivity index (χ4v) is 2.52. The van der Waals surface area contributed by atoms with Crippen LogP contribution in [0.15, 0.2) is 34.1 Å². The lowest BCUT2D eigenvalue weighted by Gasteiger charge is -2.22. The molecular formula is C13H15NO2S. The van der Waals surface area contributed by atoms with Gasteiger partial charge in [0.1, 0.15) is 5.76 Å². The maximum Gasteiger partial charge on any atom is 0.185 e. The van der Waals surface area contributed by atoms with Crippen molar-refractivity contribution in [3.63, 3.8) is 0 Å². The van der Waals surface area contributed by atoms with Gasteiger partial charge in [-0.1, -0.05) is 6.07 Å². The zero-order valence-corrected chi connectivity index (χ0v) is 10.7. The average Bonchev–Trinajstić information content (AvgIpc) is 2.98. The van der Waals surface area contributed by atoms with Crippen molar-refractivity contribution < 1.29 is 9.21 Å². The molecule has 0 saturated carbocycles. The van der Waals surface area contributed by atoms with E-state index in [1.54, 1.807) is 17.4 Å². The number of hydrogen-bond donors (Lipinski definition) is 0.